The van der Waals surface area contributed by atoms with Gasteiger partial charge in [0.2, 0.25) is 0 Å². The van der Waals surface area contributed by atoms with Crippen molar-refractivity contribution < 1.29 is 15.0 Å². The number of aliphatic hydroxyl groups excluding tert-OH is 1. The summed E-state index contributed by atoms with van der Waals surface area (Å²) in [7, 11) is 0. The Labute approximate surface area is 185 Å². The van der Waals surface area contributed by atoms with Crippen molar-refractivity contribution in [3.8, 4) is 0 Å². The van der Waals surface area contributed by atoms with Gasteiger partial charge in [-0.3, -0.25) is 4.79 Å². The molecule has 0 fully saturated rings. The van der Waals surface area contributed by atoms with Crippen LogP contribution in [-0.4, -0.2) is 52.3 Å². The Balaban J connectivity index is 0. The number of aliphatic carboxylic acids is 1. The quantitative estimate of drug-likeness (QED) is 0.184. The van der Waals surface area contributed by atoms with Crippen LogP contribution in [0.3, 0.4) is 0 Å². The molecule has 0 atom stereocenters. The summed E-state index contributed by atoms with van der Waals surface area (Å²) < 4.78 is 0. The second-order valence-electron chi connectivity index (χ2n) is 7.58. The van der Waals surface area contributed by atoms with Crippen molar-refractivity contribution in [3.05, 3.63) is 0 Å². The van der Waals surface area contributed by atoms with Gasteiger partial charge in [-0.15, -0.1) is 0 Å². The van der Waals surface area contributed by atoms with E-state index in [4.69, 9.17) is 10.2 Å². The third kappa shape index (κ3) is 26.7. The number of aliphatic hydroxyl groups is 1. The van der Waals surface area contributed by atoms with Crippen LogP contribution in [0.1, 0.15) is 128 Å². The predicted molar refractivity (Wildman–Crippen MR) is 114 cm³/mol. The van der Waals surface area contributed by atoms with E-state index in [2.05, 4.69) is 0 Å². The van der Waals surface area contributed by atoms with E-state index in [1.54, 1.807) is 0 Å². The average Bonchev–Trinajstić information content (AvgIpc) is 2.60. The summed E-state index contributed by atoms with van der Waals surface area (Å²) in [4.78, 5) is 10.4. The van der Waals surface area contributed by atoms with Gasteiger partial charge in [0.25, 0.3) is 0 Å². The summed E-state index contributed by atoms with van der Waals surface area (Å²) in [6, 6.07) is 0. The van der Waals surface area contributed by atoms with E-state index in [1.165, 1.54) is 103 Å². The third-order valence-electron chi connectivity index (χ3n) is 5.05. The van der Waals surface area contributed by atoms with E-state index in [9.17, 15) is 4.79 Å². The van der Waals surface area contributed by atoms with Gasteiger partial charge in [-0.2, -0.15) is 0 Å². The molecule has 0 amide bonds. The van der Waals surface area contributed by atoms with Crippen molar-refractivity contribution in [2.45, 2.75) is 128 Å². The first kappa shape index (κ1) is 28.6. The standard InChI is InChI=1S/C22H44O3.Na.H/c23-21-19-17-15-13-11-9-7-5-3-1-2-4-6-8-10-12-14-16-18-20-22(24)25;;/h23H,1-21H2,(H,24,25);;. The van der Waals surface area contributed by atoms with Crippen molar-refractivity contribution in [1.29, 1.82) is 0 Å². The topological polar surface area (TPSA) is 57.5 Å². The molecule has 0 aromatic carbocycles. The second-order valence-corrected chi connectivity index (χ2v) is 7.58. The van der Waals surface area contributed by atoms with Gasteiger partial charge in [0.15, 0.2) is 0 Å². The van der Waals surface area contributed by atoms with Crippen molar-refractivity contribution >= 4 is 35.5 Å². The van der Waals surface area contributed by atoms with Crippen LogP contribution >= 0.6 is 0 Å². The molecule has 4 heteroatoms. The van der Waals surface area contributed by atoms with Crippen LogP contribution in [0.4, 0.5) is 0 Å². The first-order chi connectivity index (χ1) is 12.3. The van der Waals surface area contributed by atoms with Gasteiger partial charge in [-0.25, -0.2) is 0 Å². The summed E-state index contributed by atoms with van der Waals surface area (Å²) in [6.45, 7) is 0.356. The molecule has 3 nitrogen and oxygen atoms in total. The Morgan fingerprint density at radius 1 is 0.462 bits per heavy atom. The fourth-order valence-corrected chi connectivity index (χ4v) is 3.39. The number of unbranched alkanes of at least 4 members (excludes halogenated alkanes) is 18. The molecule has 0 saturated heterocycles. The molecule has 0 aromatic rings. The Bertz CT molecular complexity index is 272. The SMILES string of the molecule is O=C(O)CCCCCCCCCCCCCCCCCCCCCO.[NaH]. The number of carboxylic acid groups (broad SMARTS) is 1. The van der Waals surface area contributed by atoms with E-state index in [0.29, 0.717) is 13.0 Å². The monoisotopic (exact) mass is 380 g/mol. The first-order valence-corrected chi connectivity index (χ1v) is 11.1. The van der Waals surface area contributed by atoms with Crippen LogP contribution in [0.2, 0.25) is 0 Å². The van der Waals surface area contributed by atoms with Crippen molar-refractivity contribution in [2.75, 3.05) is 6.61 Å². The summed E-state index contributed by atoms with van der Waals surface area (Å²) in [5, 5.41) is 17.3. The van der Waals surface area contributed by atoms with E-state index < -0.39 is 5.97 Å². The molecule has 0 heterocycles. The summed E-state index contributed by atoms with van der Waals surface area (Å²) in [6.07, 6.45) is 24.8. The predicted octanol–water partition coefficient (Wildman–Crippen LogP) is 6.22. The Morgan fingerprint density at radius 3 is 0.923 bits per heavy atom. The van der Waals surface area contributed by atoms with Gasteiger partial charge in [0.05, 0.1) is 0 Å². The van der Waals surface area contributed by atoms with Crippen LogP contribution in [0.5, 0.6) is 0 Å². The molecule has 26 heavy (non-hydrogen) atoms. The molecule has 0 aliphatic carbocycles. The molecular formula is C22H45NaO3. The molecule has 0 spiro atoms. The molecular weight excluding hydrogens is 335 g/mol. The Kier molecular flexibility index (Phi) is 28.0. The minimum atomic E-state index is -0.658. The Morgan fingerprint density at radius 2 is 0.692 bits per heavy atom. The second kappa shape index (κ2) is 25.4. The molecule has 0 rings (SSSR count). The van der Waals surface area contributed by atoms with Crippen LogP contribution in [0.25, 0.3) is 0 Å². The molecule has 0 aromatic heterocycles. The normalized spacial score (nSPS) is 10.7. The van der Waals surface area contributed by atoms with E-state index in [0.717, 1.165) is 19.3 Å². The van der Waals surface area contributed by atoms with Crippen molar-refractivity contribution in [3.63, 3.8) is 0 Å². The molecule has 0 bridgehead atoms. The zero-order valence-corrected chi connectivity index (χ0v) is 16.7. The minimum absolute atomic E-state index is 0. The maximum atomic E-state index is 10.4. The maximum absolute atomic E-state index is 10.4. The van der Waals surface area contributed by atoms with E-state index >= 15 is 0 Å². The third-order valence-corrected chi connectivity index (χ3v) is 5.05. The van der Waals surface area contributed by atoms with Gasteiger partial charge < -0.3 is 10.2 Å². The molecule has 0 saturated carbocycles. The number of carbonyl (C=O) groups is 1. The molecule has 0 aliphatic rings. The first-order valence-electron chi connectivity index (χ1n) is 11.1. The molecule has 0 radical (unpaired) electrons. The Hall–Kier alpha value is 0.430. The zero-order valence-electron chi connectivity index (χ0n) is 16.7. The van der Waals surface area contributed by atoms with Crippen LogP contribution in [-0.2, 0) is 4.79 Å². The summed E-state index contributed by atoms with van der Waals surface area (Å²) >= 11 is 0. The summed E-state index contributed by atoms with van der Waals surface area (Å²) in [5.74, 6) is -0.658. The fourth-order valence-electron chi connectivity index (χ4n) is 3.39. The van der Waals surface area contributed by atoms with Gasteiger partial charge in [-0.05, 0) is 12.8 Å². The van der Waals surface area contributed by atoms with Crippen molar-refractivity contribution in [1.82, 2.24) is 0 Å². The van der Waals surface area contributed by atoms with Gasteiger partial charge >= 0.3 is 35.5 Å². The fraction of sp³-hybridized carbons (Fsp3) is 0.955. The van der Waals surface area contributed by atoms with Gasteiger partial charge in [0, 0.05) is 13.0 Å². The van der Waals surface area contributed by atoms with Gasteiger partial charge in [0.1, 0.15) is 0 Å². The number of rotatable bonds is 21. The van der Waals surface area contributed by atoms with E-state index in [-0.39, 0.29) is 29.6 Å². The van der Waals surface area contributed by atoms with Crippen LogP contribution < -0.4 is 0 Å². The number of carboxylic acids is 1. The summed E-state index contributed by atoms with van der Waals surface area (Å²) in [5.41, 5.74) is 0. The molecule has 152 valence electrons. The van der Waals surface area contributed by atoms with E-state index in [1.807, 2.05) is 0 Å². The van der Waals surface area contributed by atoms with Crippen molar-refractivity contribution in [2.24, 2.45) is 0 Å². The number of hydrogen-bond acceptors (Lipinski definition) is 2. The molecule has 0 unspecified atom stereocenters. The zero-order chi connectivity index (χ0) is 18.4. The van der Waals surface area contributed by atoms with Crippen LogP contribution in [0, 0.1) is 0 Å². The molecule has 2 N–H and O–H groups in total. The average molecular weight is 381 g/mol. The van der Waals surface area contributed by atoms with Crippen LogP contribution in [0.15, 0.2) is 0 Å². The molecule has 0 aliphatic heterocycles. The van der Waals surface area contributed by atoms with Gasteiger partial charge in [-0.1, -0.05) is 109 Å². The number of hydrogen-bond donors (Lipinski definition) is 2.